The molecule has 0 N–H and O–H groups in total. The number of halogens is 2. The maximum atomic E-state index is 9.49. The monoisotopic (exact) mass is 332 g/mol. The van der Waals surface area contributed by atoms with E-state index in [1.165, 1.54) is 12.8 Å². The molecular formula is C16H14Cl2N4. The molecule has 0 saturated carbocycles. The maximum Gasteiger partial charge on any atom is 0.151 e. The van der Waals surface area contributed by atoms with Crippen LogP contribution in [0.15, 0.2) is 30.3 Å². The lowest BCUT2D eigenvalue weighted by Gasteiger charge is -2.16. The van der Waals surface area contributed by atoms with Crippen LogP contribution < -0.4 is 4.90 Å². The molecule has 4 nitrogen and oxygen atoms in total. The third-order valence-electron chi connectivity index (χ3n) is 3.80. The van der Waals surface area contributed by atoms with E-state index in [9.17, 15) is 5.26 Å². The molecule has 1 aliphatic rings. The summed E-state index contributed by atoms with van der Waals surface area (Å²) in [6.07, 6.45) is 2.37. The Kier molecular flexibility index (Phi) is 4.47. The average molecular weight is 333 g/mol. The lowest BCUT2D eigenvalue weighted by Crippen LogP contribution is -2.19. The van der Waals surface area contributed by atoms with Crippen LogP contribution in [0.1, 0.15) is 30.0 Å². The summed E-state index contributed by atoms with van der Waals surface area (Å²) < 4.78 is 0. The second-order valence-corrected chi connectivity index (χ2v) is 6.08. The van der Waals surface area contributed by atoms with Crippen LogP contribution in [-0.2, 0) is 0 Å². The van der Waals surface area contributed by atoms with Gasteiger partial charge in [0.15, 0.2) is 5.82 Å². The molecule has 1 aromatic carbocycles. The lowest BCUT2D eigenvalue weighted by molar-refractivity contribution is 0.844. The number of rotatable bonds is 3. The number of nitrogens with zero attached hydrogens (tertiary/aromatic N) is 4. The minimum Gasteiger partial charge on any atom is -0.355 e. The largest absolute Gasteiger partial charge is 0.355 e. The number of nitriles is 1. The first-order valence-electron chi connectivity index (χ1n) is 7.12. The normalized spacial score (nSPS) is 15.6. The predicted octanol–water partition coefficient (Wildman–Crippen LogP) is 4.04. The van der Waals surface area contributed by atoms with E-state index in [4.69, 9.17) is 23.2 Å². The fourth-order valence-electron chi connectivity index (χ4n) is 2.64. The Morgan fingerprint density at radius 1 is 1.09 bits per heavy atom. The van der Waals surface area contributed by atoms with E-state index in [-0.39, 0.29) is 0 Å². The SMILES string of the molecule is N#CC(c1ccc(N2CCCC2)nn1)c1ccc(Cl)cc1Cl. The molecule has 1 saturated heterocycles. The molecule has 22 heavy (non-hydrogen) atoms. The number of anilines is 1. The van der Waals surface area contributed by atoms with Gasteiger partial charge >= 0.3 is 0 Å². The zero-order chi connectivity index (χ0) is 15.5. The summed E-state index contributed by atoms with van der Waals surface area (Å²) in [4.78, 5) is 2.20. The molecule has 6 heteroatoms. The van der Waals surface area contributed by atoms with Crippen molar-refractivity contribution in [3.63, 3.8) is 0 Å². The first-order valence-corrected chi connectivity index (χ1v) is 7.88. The van der Waals surface area contributed by atoms with E-state index in [1.54, 1.807) is 18.2 Å². The number of benzene rings is 1. The minimum atomic E-state index is -0.551. The van der Waals surface area contributed by atoms with Gasteiger partial charge in [-0.2, -0.15) is 10.4 Å². The van der Waals surface area contributed by atoms with Crippen LogP contribution in [0.3, 0.4) is 0 Å². The van der Waals surface area contributed by atoms with Crippen molar-refractivity contribution in [2.45, 2.75) is 18.8 Å². The summed E-state index contributed by atoms with van der Waals surface area (Å²) in [5, 5.41) is 19.0. The summed E-state index contributed by atoms with van der Waals surface area (Å²) >= 11 is 12.1. The van der Waals surface area contributed by atoms with Crippen molar-refractivity contribution in [2.75, 3.05) is 18.0 Å². The Labute approximate surface area is 139 Å². The van der Waals surface area contributed by atoms with Crippen molar-refractivity contribution in [3.05, 3.63) is 51.6 Å². The Hall–Kier alpha value is -1.83. The van der Waals surface area contributed by atoms with E-state index in [1.807, 2.05) is 12.1 Å². The third-order valence-corrected chi connectivity index (χ3v) is 4.36. The van der Waals surface area contributed by atoms with Crippen molar-refractivity contribution in [2.24, 2.45) is 0 Å². The van der Waals surface area contributed by atoms with Crippen molar-refractivity contribution in [3.8, 4) is 6.07 Å². The van der Waals surface area contributed by atoms with Crippen LogP contribution in [0.4, 0.5) is 5.82 Å². The molecule has 0 amide bonds. The van der Waals surface area contributed by atoms with Crippen LogP contribution in [0.2, 0.25) is 10.0 Å². The van der Waals surface area contributed by atoms with Gasteiger partial charge in [0.2, 0.25) is 0 Å². The summed E-state index contributed by atoms with van der Waals surface area (Å²) in [6.45, 7) is 2.03. The van der Waals surface area contributed by atoms with E-state index in [0.29, 0.717) is 21.3 Å². The molecule has 112 valence electrons. The van der Waals surface area contributed by atoms with Crippen molar-refractivity contribution >= 4 is 29.0 Å². The smallest absolute Gasteiger partial charge is 0.151 e. The molecule has 1 aromatic heterocycles. The highest BCUT2D eigenvalue weighted by Crippen LogP contribution is 2.31. The van der Waals surface area contributed by atoms with E-state index in [0.717, 1.165) is 18.9 Å². The van der Waals surface area contributed by atoms with Gasteiger partial charge in [0, 0.05) is 23.1 Å². The van der Waals surface area contributed by atoms with Gasteiger partial charge in [-0.25, -0.2) is 0 Å². The van der Waals surface area contributed by atoms with Crippen LogP contribution >= 0.6 is 23.2 Å². The van der Waals surface area contributed by atoms with Crippen molar-refractivity contribution < 1.29 is 0 Å². The summed E-state index contributed by atoms with van der Waals surface area (Å²) in [5.74, 6) is 0.310. The standard InChI is InChI=1S/C16H14Cl2N4/c17-11-3-4-12(14(18)9-11)13(10-19)15-5-6-16(21-20-15)22-7-1-2-8-22/h3-6,9,13H,1-2,7-8H2. The fraction of sp³-hybridized carbons (Fsp3) is 0.312. The molecule has 2 heterocycles. The maximum absolute atomic E-state index is 9.49. The first kappa shape index (κ1) is 15.1. The summed E-state index contributed by atoms with van der Waals surface area (Å²) in [7, 11) is 0. The Balaban J connectivity index is 1.89. The Morgan fingerprint density at radius 3 is 2.45 bits per heavy atom. The van der Waals surface area contributed by atoms with Gasteiger partial charge in [0.25, 0.3) is 0 Å². The molecule has 0 bridgehead atoms. The Bertz CT molecular complexity index is 703. The van der Waals surface area contributed by atoms with Gasteiger partial charge in [-0.15, -0.1) is 5.10 Å². The van der Waals surface area contributed by atoms with Gasteiger partial charge in [0.05, 0.1) is 11.8 Å². The molecule has 1 unspecified atom stereocenters. The number of hydrogen-bond donors (Lipinski definition) is 0. The highest BCUT2D eigenvalue weighted by Gasteiger charge is 2.20. The summed E-state index contributed by atoms with van der Waals surface area (Å²) in [5.41, 5.74) is 1.28. The quantitative estimate of drug-likeness (QED) is 0.851. The molecule has 2 aromatic rings. The molecule has 3 rings (SSSR count). The van der Waals surface area contributed by atoms with Crippen LogP contribution in [0, 0.1) is 11.3 Å². The van der Waals surface area contributed by atoms with Crippen LogP contribution in [-0.4, -0.2) is 23.3 Å². The number of aromatic nitrogens is 2. The molecule has 1 aliphatic heterocycles. The van der Waals surface area contributed by atoms with E-state index < -0.39 is 5.92 Å². The molecule has 0 spiro atoms. The Morgan fingerprint density at radius 2 is 1.86 bits per heavy atom. The van der Waals surface area contributed by atoms with Gasteiger partial charge in [-0.1, -0.05) is 29.3 Å². The van der Waals surface area contributed by atoms with Crippen molar-refractivity contribution in [1.29, 1.82) is 5.26 Å². The second kappa shape index (κ2) is 6.51. The first-order chi connectivity index (χ1) is 10.7. The molecular weight excluding hydrogens is 319 g/mol. The number of hydrogen-bond acceptors (Lipinski definition) is 4. The zero-order valence-corrected chi connectivity index (χ0v) is 13.3. The average Bonchev–Trinajstić information content (AvgIpc) is 3.05. The van der Waals surface area contributed by atoms with Crippen LogP contribution in [0.5, 0.6) is 0 Å². The molecule has 1 atom stereocenters. The predicted molar refractivity (Wildman–Crippen MR) is 87.4 cm³/mol. The minimum absolute atomic E-state index is 0.462. The molecule has 0 radical (unpaired) electrons. The third kappa shape index (κ3) is 3.01. The van der Waals surface area contributed by atoms with Gasteiger partial charge in [0.1, 0.15) is 5.92 Å². The van der Waals surface area contributed by atoms with Gasteiger partial charge < -0.3 is 4.90 Å². The zero-order valence-electron chi connectivity index (χ0n) is 11.8. The van der Waals surface area contributed by atoms with Gasteiger partial charge in [-0.05, 0) is 42.7 Å². The van der Waals surface area contributed by atoms with Gasteiger partial charge in [-0.3, -0.25) is 0 Å². The summed E-state index contributed by atoms with van der Waals surface area (Å²) in [6, 6.07) is 11.1. The van der Waals surface area contributed by atoms with Crippen molar-refractivity contribution in [1.82, 2.24) is 10.2 Å². The van der Waals surface area contributed by atoms with E-state index in [2.05, 4.69) is 21.2 Å². The van der Waals surface area contributed by atoms with Crippen LogP contribution in [0.25, 0.3) is 0 Å². The second-order valence-electron chi connectivity index (χ2n) is 5.24. The highest BCUT2D eigenvalue weighted by molar-refractivity contribution is 6.35. The fourth-order valence-corrected chi connectivity index (χ4v) is 3.15. The molecule has 1 fully saturated rings. The highest BCUT2D eigenvalue weighted by atomic mass is 35.5. The molecule has 0 aliphatic carbocycles. The van der Waals surface area contributed by atoms with E-state index >= 15 is 0 Å². The lowest BCUT2D eigenvalue weighted by atomic mass is 9.97. The topological polar surface area (TPSA) is 52.8 Å².